The monoisotopic (exact) mass is 319 g/mol. The molecule has 0 aromatic rings. The van der Waals surface area contributed by atoms with Gasteiger partial charge in [0.15, 0.2) is 0 Å². The van der Waals surface area contributed by atoms with Crippen molar-refractivity contribution in [1.29, 1.82) is 0 Å². The molecule has 4 fully saturated rings. The molecule has 0 saturated heterocycles. The standard InChI is InChI=1S/C20H33NO2/c1-18-10-4-3-5-14(18)6-7-17-16(18)9-11-19(2)15(13-21-23)8-12-20(17,19)22/h13-17,22-23H,3-12H2,1-2H3/t14-,15?,16-,17+,18-,19+,20-/m0/s1. The molecule has 1 unspecified atom stereocenters. The summed E-state index contributed by atoms with van der Waals surface area (Å²) in [5, 5.41) is 24.2. The van der Waals surface area contributed by atoms with Gasteiger partial charge in [-0.1, -0.05) is 26.7 Å². The summed E-state index contributed by atoms with van der Waals surface area (Å²) < 4.78 is 0. The number of fused-ring (bicyclic) bond motifs is 5. The van der Waals surface area contributed by atoms with Gasteiger partial charge in [-0.2, -0.15) is 0 Å². The fourth-order valence-electron chi connectivity index (χ4n) is 7.62. The Balaban J connectivity index is 1.68. The lowest BCUT2D eigenvalue weighted by atomic mass is 9.43. The molecule has 4 rings (SSSR count). The molecule has 0 amide bonds. The molecular weight excluding hydrogens is 286 g/mol. The fourth-order valence-corrected chi connectivity index (χ4v) is 7.62. The summed E-state index contributed by atoms with van der Waals surface area (Å²) in [4.78, 5) is 0. The highest BCUT2D eigenvalue weighted by Gasteiger charge is 2.66. The number of rotatable bonds is 1. The first-order valence-corrected chi connectivity index (χ1v) is 9.86. The summed E-state index contributed by atoms with van der Waals surface area (Å²) >= 11 is 0. The van der Waals surface area contributed by atoms with Gasteiger partial charge in [0.25, 0.3) is 0 Å². The number of oxime groups is 1. The molecule has 3 heteroatoms. The van der Waals surface area contributed by atoms with Crippen LogP contribution in [0.2, 0.25) is 0 Å². The number of aliphatic hydroxyl groups is 1. The molecular formula is C20H33NO2. The van der Waals surface area contributed by atoms with Gasteiger partial charge >= 0.3 is 0 Å². The summed E-state index contributed by atoms with van der Waals surface area (Å²) in [6.45, 7) is 4.80. The summed E-state index contributed by atoms with van der Waals surface area (Å²) in [6, 6.07) is 0. The minimum atomic E-state index is -0.548. The van der Waals surface area contributed by atoms with Gasteiger partial charge in [-0.15, -0.1) is 5.16 Å². The predicted octanol–water partition coefficient (Wildman–Crippen LogP) is 4.61. The molecule has 3 nitrogen and oxygen atoms in total. The topological polar surface area (TPSA) is 52.8 Å². The van der Waals surface area contributed by atoms with Gasteiger partial charge in [0.05, 0.1) is 5.60 Å². The van der Waals surface area contributed by atoms with Crippen molar-refractivity contribution in [3.05, 3.63) is 0 Å². The molecule has 23 heavy (non-hydrogen) atoms. The van der Waals surface area contributed by atoms with Crippen LogP contribution in [0.5, 0.6) is 0 Å². The Bertz CT molecular complexity index is 506. The van der Waals surface area contributed by atoms with Gasteiger partial charge in [0, 0.05) is 17.5 Å². The third kappa shape index (κ3) is 1.95. The third-order valence-corrected chi connectivity index (χ3v) is 9.09. The smallest absolute Gasteiger partial charge is 0.0738 e. The van der Waals surface area contributed by atoms with E-state index in [0.29, 0.717) is 17.3 Å². The van der Waals surface area contributed by atoms with Crippen LogP contribution in [0.15, 0.2) is 5.16 Å². The second-order valence-electron chi connectivity index (χ2n) is 9.53. The van der Waals surface area contributed by atoms with E-state index in [1.807, 2.05) is 0 Å². The highest BCUT2D eigenvalue weighted by Crippen LogP contribution is 2.68. The van der Waals surface area contributed by atoms with Crippen LogP contribution in [-0.2, 0) is 0 Å². The first-order chi connectivity index (χ1) is 11.0. The van der Waals surface area contributed by atoms with Gasteiger partial charge in [-0.3, -0.25) is 0 Å². The van der Waals surface area contributed by atoms with Crippen molar-refractivity contribution in [1.82, 2.24) is 0 Å². The van der Waals surface area contributed by atoms with Crippen LogP contribution in [-0.4, -0.2) is 22.1 Å². The number of hydrogen-bond acceptors (Lipinski definition) is 3. The Hall–Kier alpha value is -0.570. The van der Waals surface area contributed by atoms with Crippen molar-refractivity contribution >= 4 is 6.21 Å². The van der Waals surface area contributed by atoms with E-state index >= 15 is 0 Å². The second kappa shape index (κ2) is 5.21. The van der Waals surface area contributed by atoms with Crippen LogP contribution in [0, 0.1) is 34.5 Å². The molecule has 4 aliphatic rings. The summed E-state index contributed by atoms with van der Waals surface area (Å²) in [7, 11) is 0. The number of hydrogen-bond donors (Lipinski definition) is 2. The van der Waals surface area contributed by atoms with Crippen molar-refractivity contribution in [2.75, 3.05) is 0 Å². The molecule has 0 bridgehead atoms. The molecule has 0 aromatic carbocycles. The molecule has 4 aliphatic carbocycles. The predicted molar refractivity (Wildman–Crippen MR) is 91.6 cm³/mol. The van der Waals surface area contributed by atoms with E-state index in [1.54, 1.807) is 6.21 Å². The average molecular weight is 319 g/mol. The largest absolute Gasteiger partial charge is 0.411 e. The highest BCUT2D eigenvalue weighted by molar-refractivity contribution is 5.62. The minimum absolute atomic E-state index is 0.0989. The van der Waals surface area contributed by atoms with E-state index in [-0.39, 0.29) is 11.3 Å². The Morgan fingerprint density at radius 2 is 1.74 bits per heavy atom. The minimum Gasteiger partial charge on any atom is -0.411 e. The quantitative estimate of drug-likeness (QED) is 0.421. The average Bonchev–Trinajstić information content (AvgIpc) is 2.80. The summed E-state index contributed by atoms with van der Waals surface area (Å²) in [5.41, 5.74) is -0.188. The lowest BCUT2D eigenvalue weighted by Gasteiger charge is -2.63. The van der Waals surface area contributed by atoms with Crippen LogP contribution >= 0.6 is 0 Å². The van der Waals surface area contributed by atoms with Crippen molar-refractivity contribution < 1.29 is 10.3 Å². The molecule has 0 aromatic heterocycles. The Morgan fingerprint density at radius 3 is 2.52 bits per heavy atom. The van der Waals surface area contributed by atoms with Crippen LogP contribution in [0.1, 0.15) is 78.1 Å². The lowest BCUT2D eigenvalue weighted by Crippen LogP contribution is -2.61. The lowest BCUT2D eigenvalue weighted by molar-refractivity contribution is -0.201. The SMILES string of the molecule is C[C@]12CCCC[C@H]1CC[C@@H]1[C@@H]2CC[C@]2(C)C(C=NO)CC[C@]12O. The Labute approximate surface area is 140 Å². The van der Waals surface area contributed by atoms with Crippen LogP contribution in [0.25, 0.3) is 0 Å². The zero-order chi connectivity index (χ0) is 16.3. The van der Waals surface area contributed by atoms with Gasteiger partial charge in [0.1, 0.15) is 0 Å². The Kier molecular flexibility index (Phi) is 3.61. The maximum atomic E-state index is 11.8. The Morgan fingerprint density at radius 1 is 0.913 bits per heavy atom. The van der Waals surface area contributed by atoms with E-state index in [9.17, 15) is 5.11 Å². The molecule has 2 N–H and O–H groups in total. The van der Waals surface area contributed by atoms with E-state index in [2.05, 4.69) is 19.0 Å². The molecule has 4 saturated carbocycles. The zero-order valence-corrected chi connectivity index (χ0v) is 14.8. The van der Waals surface area contributed by atoms with Crippen LogP contribution < -0.4 is 0 Å². The molecule has 7 atom stereocenters. The third-order valence-electron chi connectivity index (χ3n) is 9.09. The number of nitrogens with zero attached hydrogens (tertiary/aromatic N) is 1. The molecule has 0 spiro atoms. The van der Waals surface area contributed by atoms with Gasteiger partial charge in [0.2, 0.25) is 0 Å². The van der Waals surface area contributed by atoms with E-state index in [0.717, 1.165) is 25.2 Å². The van der Waals surface area contributed by atoms with Crippen molar-refractivity contribution in [2.45, 2.75) is 83.7 Å². The zero-order valence-electron chi connectivity index (χ0n) is 14.8. The maximum Gasteiger partial charge on any atom is 0.0738 e. The normalized spacial score (nSPS) is 56.1. The van der Waals surface area contributed by atoms with Gasteiger partial charge < -0.3 is 10.3 Å². The first kappa shape index (κ1) is 15.9. The van der Waals surface area contributed by atoms with Crippen molar-refractivity contribution in [3.8, 4) is 0 Å². The second-order valence-corrected chi connectivity index (χ2v) is 9.53. The van der Waals surface area contributed by atoms with Crippen LogP contribution in [0.3, 0.4) is 0 Å². The maximum absolute atomic E-state index is 11.8. The highest BCUT2D eigenvalue weighted by atomic mass is 16.4. The summed E-state index contributed by atoms with van der Waals surface area (Å²) in [6.07, 6.45) is 14.0. The van der Waals surface area contributed by atoms with Crippen molar-refractivity contribution in [3.63, 3.8) is 0 Å². The van der Waals surface area contributed by atoms with Crippen LogP contribution in [0.4, 0.5) is 0 Å². The van der Waals surface area contributed by atoms with E-state index in [1.165, 1.54) is 44.9 Å². The molecule has 0 radical (unpaired) electrons. The fraction of sp³-hybridized carbons (Fsp3) is 0.950. The van der Waals surface area contributed by atoms with Gasteiger partial charge in [-0.25, -0.2) is 0 Å². The van der Waals surface area contributed by atoms with Gasteiger partial charge in [-0.05, 0) is 74.5 Å². The molecule has 130 valence electrons. The van der Waals surface area contributed by atoms with E-state index < -0.39 is 5.60 Å². The first-order valence-electron chi connectivity index (χ1n) is 9.86. The van der Waals surface area contributed by atoms with E-state index in [4.69, 9.17) is 5.21 Å². The molecule has 0 heterocycles. The summed E-state index contributed by atoms with van der Waals surface area (Å²) in [5.74, 6) is 2.28. The van der Waals surface area contributed by atoms with Crippen molar-refractivity contribution in [2.24, 2.45) is 39.7 Å². The molecule has 0 aliphatic heterocycles.